The molecule has 1 aromatic carbocycles. The summed E-state index contributed by atoms with van der Waals surface area (Å²) in [6.45, 7) is 4.13. The fourth-order valence-corrected chi connectivity index (χ4v) is 7.86. The third-order valence-electron chi connectivity index (χ3n) is 10.1. The molecule has 0 saturated heterocycles. The fourth-order valence-electron chi connectivity index (χ4n) is 7.86. The van der Waals surface area contributed by atoms with Gasteiger partial charge in [0.2, 0.25) is 5.91 Å². The van der Waals surface area contributed by atoms with E-state index in [1.807, 2.05) is 18.7 Å². The van der Waals surface area contributed by atoms with Gasteiger partial charge in [-0.05, 0) is 82.3 Å². The minimum absolute atomic E-state index is 0.0116. The van der Waals surface area contributed by atoms with Gasteiger partial charge >= 0.3 is 6.18 Å². The summed E-state index contributed by atoms with van der Waals surface area (Å²) in [7, 11) is 2.87. The van der Waals surface area contributed by atoms with Crippen molar-refractivity contribution in [2.75, 3.05) is 20.6 Å². The van der Waals surface area contributed by atoms with Crippen molar-refractivity contribution in [1.82, 2.24) is 9.80 Å². The third-order valence-corrected chi connectivity index (χ3v) is 10.1. The van der Waals surface area contributed by atoms with E-state index in [1.54, 1.807) is 0 Å². The number of nitrogens with zero attached hydrogens (tertiary/aromatic N) is 2. The minimum atomic E-state index is -4.90. The maximum atomic E-state index is 14.8. The average Bonchev–Trinajstić information content (AvgIpc) is 3.73. The molecule has 1 aromatic rings. The molecule has 7 atom stereocenters. The van der Waals surface area contributed by atoms with E-state index in [2.05, 4.69) is 0 Å². The Bertz CT molecular complexity index is 1420. The summed E-state index contributed by atoms with van der Waals surface area (Å²) >= 11 is 0. The quantitative estimate of drug-likeness (QED) is 0.391. The van der Waals surface area contributed by atoms with Gasteiger partial charge in [0.05, 0.1) is 23.1 Å². The van der Waals surface area contributed by atoms with Crippen LogP contribution in [0.2, 0.25) is 0 Å². The topological polar surface area (TPSA) is 158 Å². The van der Waals surface area contributed by atoms with Gasteiger partial charge in [0.15, 0.2) is 34.7 Å². The summed E-state index contributed by atoms with van der Waals surface area (Å²) < 4.78 is 44.3. The van der Waals surface area contributed by atoms with Gasteiger partial charge < -0.3 is 15.9 Å². The molecule has 3 fully saturated rings. The van der Waals surface area contributed by atoms with Crippen LogP contribution >= 0.6 is 0 Å². The normalized spacial score (nSPS) is 31.6. The molecule has 0 heterocycles. The number of primary amides is 1. The predicted molar refractivity (Wildman–Crippen MR) is 145 cm³/mol. The van der Waals surface area contributed by atoms with Crippen molar-refractivity contribution < 1.29 is 47.4 Å². The molecule has 1 amide bonds. The molecule has 0 aromatic heterocycles. The second-order valence-corrected chi connectivity index (χ2v) is 12.7. The lowest BCUT2D eigenvalue weighted by Gasteiger charge is -2.52. The van der Waals surface area contributed by atoms with E-state index in [9.17, 15) is 47.4 Å². The Kier molecular flexibility index (Phi) is 7.62. The number of fused-ring (bicyclic) bond motifs is 3. The highest BCUT2D eigenvalue weighted by Gasteiger charge is 2.69. The first-order chi connectivity index (χ1) is 20.0. The summed E-state index contributed by atoms with van der Waals surface area (Å²) in [5.74, 6) is -12.9. The van der Waals surface area contributed by atoms with Crippen LogP contribution in [0.25, 0.3) is 0 Å². The van der Waals surface area contributed by atoms with Crippen LogP contribution in [0.1, 0.15) is 60.2 Å². The largest absolute Gasteiger partial charge is 0.507 e. The zero-order valence-corrected chi connectivity index (χ0v) is 24.4. The Hall–Kier alpha value is -3.16. The van der Waals surface area contributed by atoms with E-state index < -0.39 is 99.4 Å². The van der Waals surface area contributed by atoms with Gasteiger partial charge in [-0.15, -0.1) is 0 Å². The number of amides is 1. The lowest BCUT2D eigenvalue weighted by molar-refractivity contribution is -0.181. The highest BCUT2D eigenvalue weighted by Crippen LogP contribution is 2.53. The van der Waals surface area contributed by atoms with Crippen molar-refractivity contribution in [2.24, 2.45) is 35.3 Å². The molecule has 10 nitrogen and oxygen atoms in total. The Morgan fingerprint density at radius 2 is 1.79 bits per heavy atom. The highest BCUT2D eigenvalue weighted by molar-refractivity contribution is 6.32. The van der Waals surface area contributed by atoms with E-state index in [1.165, 1.54) is 19.0 Å². The SMILES string of the molecule is CCN(Cc1cc(O)c2c(c1C(F)(F)F)C[C@H]1C[C@H]3[C@H](N(C)C)C(=O)C(C(N)=O)C(=O)[C@@]3(O)C(=O)C1C2=O)[C@H](C)C1CC1. The van der Waals surface area contributed by atoms with E-state index in [4.69, 9.17) is 5.73 Å². The summed E-state index contributed by atoms with van der Waals surface area (Å²) in [6.07, 6.45) is -3.72. The van der Waals surface area contributed by atoms with Crippen molar-refractivity contribution >= 4 is 29.0 Å². The van der Waals surface area contributed by atoms with Crippen molar-refractivity contribution in [3.8, 4) is 5.75 Å². The van der Waals surface area contributed by atoms with Crippen molar-refractivity contribution in [1.29, 1.82) is 0 Å². The van der Waals surface area contributed by atoms with Crippen LogP contribution in [-0.4, -0.2) is 87.4 Å². The van der Waals surface area contributed by atoms with Crippen LogP contribution in [0, 0.1) is 29.6 Å². The molecule has 0 bridgehead atoms. The van der Waals surface area contributed by atoms with E-state index >= 15 is 0 Å². The zero-order chi connectivity index (χ0) is 31.9. The van der Waals surface area contributed by atoms with Gasteiger partial charge in [-0.25, -0.2) is 0 Å². The van der Waals surface area contributed by atoms with E-state index in [-0.39, 0.29) is 24.6 Å². The number of nitrogens with two attached hydrogens (primary N) is 1. The smallest absolute Gasteiger partial charge is 0.417 e. The van der Waals surface area contributed by atoms with Gasteiger partial charge in [0.1, 0.15) is 5.75 Å². The maximum absolute atomic E-state index is 14.8. The van der Waals surface area contributed by atoms with Gasteiger partial charge in [-0.2, -0.15) is 13.2 Å². The first-order valence-corrected chi connectivity index (χ1v) is 14.5. The van der Waals surface area contributed by atoms with Crippen molar-refractivity contribution in [3.05, 3.63) is 28.3 Å². The Labute approximate surface area is 246 Å². The number of halogens is 3. The first kappa shape index (κ1) is 31.3. The molecule has 4 N–H and O–H groups in total. The number of benzene rings is 1. The van der Waals surface area contributed by atoms with Crippen LogP contribution in [0.4, 0.5) is 13.2 Å². The molecule has 234 valence electrons. The Morgan fingerprint density at radius 1 is 1.16 bits per heavy atom. The van der Waals surface area contributed by atoms with Gasteiger partial charge in [-0.3, -0.25) is 33.8 Å². The molecule has 0 spiro atoms. The second kappa shape index (κ2) is 10.5. The maximum Gasteiger partial charge on any atom is 0.417 e. The number of alkyl halides is 3. The van der Waals surface area contributed by atoms with Crippen LogP contribution in [0.3, 0.4) is 0 Å². The molecule has 0 radical (unpaired) electrons. The zero-order valence-electron chi connectivity index (χ0n) is 24.4. The number of phenols is 1. The number of aliphatic hydroxyl groups is 1. The van der Waals surface area contributed by atoms with Crippen LogP contribution in [0.15, 0.2) is 6.07 Å². The molecule has 43 heavy (non-hydrogen) atoms. The number of hydrogen-bond acceptors (Lipinski definition) is 9. The van der Waals surface area contributed by atoms with Gasteiger partial charge in [0, 0.05) is 18.5 Å². The van der Waals surface area contributed by atoms with Crippen LogP contribution in [-0.2, 0) is 38.3 Å². The summed E-state index contributed by atoms with van der Waals surface area (Å²) in [5.41, 5.74) is 0.0145. The van der Waals surface area contributed by atoms with Crippen LogP contribution in [0.5, 0.6) is 5.75 Å². The fraction of sp³-hybridized carbons (Fsp3) is 0.633. The standard InChI is InChI=1S/C30H36F3N3O7/c1-5-36(12(2)13-6-7-13)11-15-10-18(37)20-16(22(15)30(31,32)33)8-14-9-17-23(35(3)4)25(39)21(28(34)42)27(41)29(17,43)26(40)19(14)24(20)38/h10,12-14,17,19,21,23,37,43H,5-9,11H2,1-4H3,(H2,34,42)/t12-,14+,17+,19?,21?,23+,29+/m1/s1. The molecule has 13 heteroatoms. The highest BCUT2D eigenvalue weighted by atomic mass is 19.4. The number of rotatable bonds is 7. The predicted octanol–water partition coefficient (Wildman–Crippen LogP) is 1.51. The number of aromatic hydroxyl groups is 1. The molecular weight excluding hydrogens is 571 g/mol. The second-order valence-electron chi connectivity index (χ2n) is 12.7. The summed E-state index contributed by atoms with van der Waals surface area (Å²) in [4.78, 5) is 69.6. The summed E-state index contributed by atoms with van der Waals surface area (Å²) in [5, 5.41) is 22.6. The van der Waals surface area contributed by atoms with E-state index in [0.717, 1.165) is 18.9 Å². The number of hydrogen-bond donors (Lipinski definition) is 3. The molecular formula is C30H36F3N3O7. The van der Waals surface area contributed by atoms with Gasteiger partial charge in [0.25, 0.3) is 0 Å². The number of phenolic OH excluding ortho intramolecular Hbond substituents is 1. The monoisotopic (exact) mass is 607 g/mol. The molecule has 2 unspecified atom stereocenters. The number of carbonyl (C=O) groups is 5. The minimum Gasteiger partial charge on any atom is -0.507 e. The molecule has 5 rings (SSSR count). The van der Waals surface area contributed by atoms with E-state index in [0.29, 0.717) is 12.5 Å². The number of likely N-dealkylation sites (N-methyl/N-ethyl adjacent to an activating group) is 1. The van der Waals surface area contributed by atoms with Crippen LogP contribution < -0.4 is 5.73 Å². The molecule has 0 aliphatic heterocycles. The lowest BCUT2D eigenvalue weighted by atomic mass is 9.52. The molecule has 4 aliphatic carbocycles. The Balaban J connectivity index is 1.63. The molecule has 4 aliphatic rings. The number of carbonyl (C=O) groups excluding carboxylic acids is 5. The lowest BCUT2D eigenvalue weighted by Crippen LogP contribution is -2.74. The Morgan fingerprint density at radius 3 is 2.30 bits per heavy atom. The third kappa shape index (κ3) is 4.71. The first-order valence-electron chi connectivity index (χ1n) is 14.5. The average molecular weight is 608 g/mol. The number of Topliss-reactive ketones (excluding diaryl/α,β-unsaturated/α-hetero) is 4. The van der Waals surface area contributed by atoms with Gasteiger partial charge in [-0.1, -0.05) is 6.92 Å². The van der Waals surface area contributed by atoms with Crippen molar-refractivity contribution in [2.45, 2.75) is 69.9 Å². The van der Waals surface area contributed by atoms with Crippen molar-refractivity contribution in [3.63, 3.8) is 0 Å². The summed E-state index contributed by atoms with van der Waals surface area (Å²) in [6, 6.07) is -0.411. The molecule has 3 saturated carbocycles. The number of ketones is 4.